The minimum Gasteiger partial charge on any atom is -0.395 e. The first-order valence-corrected chi connectivity index (χ1v) is 6.60. The first kappa shape index (κ1) is 12.9. The van der Waals surface area contributed by atoms with Crippen molar-refractivity contribution in [2.75, 3.05) is 18.5 Å². The van der Waals surface area contributed by atoms with Gasteiger partial charge in [-0.05, 0) is 18.2 Å². The smallest absolute Gasteiger partial charge is 0.138 e. The van der Waals surface area contributed by atoms with Gasteiger partial charge < -0.3 is 15.4 Å². The van der Waals surface area contributed by atoms with Crippen LogP contribution in [0.1, 0.15) is 0 Å². The van der Waals surface area contributed by atoms with Gasteiger partial charge in [0.2, 0.25) is 0 Å². The average Bonchev–Trinajstić information content (AvgIpc) is 2.88. The Morgan fingerprint density at radius 2 is 2.25 bits per heavy atom. The molecule has 0 aliphatic carbocycles. The van der Waals surface area contributed by atoms with Crippen LogP contribution in [0.4, 0.5) is 5.82 Å². The summed E-state index contributed by atoms with van der Waals surface area (Å²) in [7, 11) is 0. The van der Waals surface area contributed by atoms with Crippen molar-refractivity contribution < 1.29 is 5.11 Å². The van der Waals surface area contributed by atoms with Crippen LogP contribution in [-0.2, 0) is 0 Å². The second-order valence-electron chi connectivity index (χ2n) is 4.31. The van der Waals surface area contributed by atoms with Crippen LogP contribution in [-0.4, -0.2) is 33.2 Å². The summed E-state index contributed by atoms with van der Waals surface area (Å²) in [6, 6.07) is 7.57. The van der Waals surface area contributed by atoms with E-state index in [2.05, 4.69) is 20.3 Å². The number of halogens is 1. The lowest BCUT2D eigenvalue weighted by atomic mass is 10.1. The van der Waals surface area contributed by atoms with Crippen LogP contribution in [0, 0.1) is 0 Å². The fourth-order valence-electron chi connectivity index (χ4n) is 2.06. The first-order valence-electron chi connectivity index (χ1n) is 6.23. The highest BCUT2D eigenvalue weighted by molar-refractivity contribution is 6.31. The van der Waals surface area contributed by atoms with E-state index in [0.29, 0.717) is 11.6 Å². The van der Waals surface area contributed by atoms with E-state index < -0.39 is 0 Å². The van der Waals surface area contributed by atoms with Gasteiger partial charge in [0.15, 0.2) is 0 Å². The Labute approximate surface area is 120 Å². The molecule has 102 valence electrons. The Morgan fingerprint density at radius 3 is 3.10 bits per heavy atom. The zero-order valence-electron chi connectivity index (χ0n) is 10.6. The van der Waals surface area contributed by atoms with Gasteiger partial charge >= 0.3 is 0 Å². The van der Waals surface area contributed by atoms with Gasteiger partial charge in [-0.1, -0.05) is 17.7 Å². The van der Waals surface area contributed by atoms with Gasteiger partial charge in [-0.15, -0.1) is 0 Å². The number of nitrogens with zero attached hydrogens (tertiary/aromatic N) is 2. The van der Waals surface area contributed by atoms with E-state index in [9.17, 15) is 0 Å². The molecule has 0 saturated carbocycles. The van der Waals surface area contributed by atoms with E-state index in [1.165, 1.54) is 0 Å². The van der Waals surface area contributed by atoms with Crippen molar-refractivity contribution in [2.24, 2.45) is 0 Å². The van der Waals surface area contributed by atoms with Crippen LogP contribution < -0.4 is 5.32 Å². The molecule has 0 amide bonds. The molecule has 3 rings (SSSR count). The van der Waals surface area contributed by atoms with Gasteiger partial charge in [0.1, 0.15) is 11.5 Å². The van der Waals surface area contributed by atoms with Gasteiger partial charge in [0, 0.05) is 29.9 Å². The average molecular weight is 289 g/mol. The number of pyridine rings is 2. The highest BCUT2D eigenvalue weighted by Gasteiger charge is 2.09. The third-order valence-corrected chi connectivity index (χ3v) is 3.15. The number of aliphatic hydroxyl groups excluding tert-OH is 1. The molecule has 20 heavy (non-hydrogen) atoms. The van der Waals surface area contributed by atoms with Crippen molar-refractivity contribution in [3.63, 3.8) is 0 Å². The molecule has 3 N–H and O–H groups in total. The van der Waals surface area contributed by atoms with Gasteiger partial charge in [-0.25, -0.2) is 9.97 Å². The molecule has 5 nitrogen and oxygen atoms in total. The monoisotopic (exact) mass is 288 g/mol. The number of rotatable bonds is 4. The number of nitrogens with one attached hydrogen (secondary N) is 2. The Bertz CT molecular complexity index is 741. The molecule has 0 aliphatic heterocycles. The summed E-state index contributed by atoms with van der Waals surface area (Å²) >= 11 is 6.00. The molecule has 0 fully saturated rings. The lowest BCUT2D eigenvalue weighted by Crippen LogP contribution is -2.06. The molecule has 0 saturated heterocycles. The highest BCUT2D eigenvalue weighted by Crippen LogP contribution is 2.28. The molecule has 3 heterocycles. The molecular weight excluding hydrogens is 276 g/mol. The minimum absolute atomic E-state index is 0.0680. The van der Waals surface area contributed by atoms with Crippen molar-refractivity contribution >= 4 is 28.5 Å². The summed E-state index contributed by atoms with van der Waals surface area (Å²) < 4.78 is 0. The third-order valence-electron chi connectivity index (χ3n) is 2.94. The summed E-state index contributed by atoms with van der Waals surface area (Å²) in [5.74, 6) is 0.723. The Kier molecular flexibility index (Phi) is 3.54. The maximum absolute atomic E-state index is 8.83. The van der Waals surface area contributed by atoms with E-state index in [-0.39, 0.29) is 6.61 Å². The summed E-state index contributed by atoms with van der Waals surface area (Å²) in [5.41, 5.74) is 2.55. The third kappa shape index (κ3) is 2.45. The lowest BCUT2D eigenvalue weighted by molar-refractivity contribution is 0.311. The molecule has 3 aromatic rings. The Morgan fingerprint density at radius 1 is 1.35 bits per heavy atom. The van der Waals surface area contributed by atoms with Crippen molar-refractivity contribution in [1.82, 2.24) is 15.0 Å². The zero-order valence-corrected chi connectivity index (χ0v) is 11.4. The Hall–Kier alpha value is -2.11. The molecule has 0 spiro atoms. The topological polar surface area (TPSA) is 73.8 Å². The molecule has 0 bridgehead atoms. The van der Waals surface area contributed by atoms with Crippen molar-refractivity contribution in [1.29, 1.82) is 0 Å². The maximum Gasteiger partial charge on any atom is 0.138 e. The number of aromatic amines is 1. The van der Waals surface area contributed by atoms with E-state index >= 15 is 0 Å². The van der Waals surface area contributed by atoms with Crippen LogP contribution in [0.15, 0.2) is 36.7 Å². The Balaban J connectivity index is 2.04. The largest absolute Gasteiger partial charge is 0.395 e. The number of fused-ring (bicyclic) bond motifs is 1. The number of anilines is 1. The van der Waals surface area contributed by atoms with Crippen LogP contribution in [0.3, 0.4) is 0 Å². The number of aromatic nitrogens is 3. The molecule has 0 radical (unpaired) electrons. The van der Waals surface area contributed by atoms with Crippen molar-refractivity contribution in [2.45, 2.75) is 0 Å². The SMILES string of the molecule is OCCNc1cccc(-c2c[nH]c3ncc(Cl)cc23)n1. The van der Waals surface area contributed by atoms with Gasteiger partial charge in [-0.3, -0.25) is 0 Å². The summed E-state index contributed by atoms with van der Waals surface area (Å²) in [5, 5.41) is 13.4. The van der Waals surface area contributed by atoms with E-state index in [1.807, 2.05) is 30.5 Å². The fourth-order valence-corrected chi connectivity index (χ4v) is 2.21. The second-order valence-corrected chi connectivity index (χ2v) is 4.75. The quantitative estimate of drug-likeness (QED) is 0.690. The summed E-state index contributed by atoms with van der Waals surface area (Å²) in [4.78, 5) is 11.9. The maximum atomic E-state index is 8.83. The molecule has 0 aliphatic rings. The summed E-state index contributed by atoms with van der Waals surface area (Å²) in [6.07, 6.45) is 3.48. The first-order chi connectivity index (χ1) is 9.78. The molecule has 0 unspecified atom stereocenters. The van der Waals surface area contributed by atoms with Crippen molar-refractivity contribution in [3.05, 3.63) is 41.7 Å². The number of aliphatic hydroxyl groups is 1. The molecule has 6 heteroatoms. The summed E-state index contributed by atoms with van der Waals surface area (Å²) in [6.45, 7) is 0.538. The zero-order chi connectivity index (χ0) is 13.9. The number of hydrogen-bond donors (Lipinski definition) is 3. The van der Waals surface area contributed by atoms with Crippen LogP contribution in [0.2, 0.25) is 5.02 Å². The van der Waals surface area contributed by atoms with Crippen LogP contribution >= 0.6 is 11.6 Å². The normalized spacial score (nSPS) is 10.9. The molecule has 3 aromatic heterocycles. The molecule has 0 aromatic carbocycles. The predicted octanol–water partition coefficient (Wildman–Crippen LogP) is 2.68. The van der Waals surface area contributed by atoms with Crippen LogP contribution in [0.25, 0.3) is 22.3 Å². The van der Waals surface area contributed by atoms with E-state index in [0.717, 1.165) is 28.1 Å². The lowest BCUT2D eigenvalue weighted by Gasteiger charge is -2.05. The fraction of sp³-hybridized carbons (Fsp3) is 0.143. The molecule has 0 atom stereocenters. The second kappa shape index (κ2) is 5.48. The van der Waals surface area contributed by atoms with Gasteiger partial charge in [0.05, 0.1) is 17.3 Å². The highest BCUT2D eigenvalue weighted by atomic mass is 35.5. The minimum atomic E-state index is 0.0680. The number of hydrogen-bond acceptors (Lipinski definition) is 4. The van der Waals surface area contributed by atoms with E-state index in [4.69, 9.17) is 16.7 Å². The van der Waals surface area contributed by atoms with Crippen LogP contribution in [0.5, 0.6) is 0 Å². The van der Waals surface area contributed by atoms with Gasteiger partial charge in [-0.2, -0.15) is 0 Å². The standard InChI is InChI=1S/C14H13ClN4O/c15-9-6-10-11(8-18-14(10)17-7-9)12-2-1-3-13(19-12)16-4-5-20/h1-3,6-8,20H,4-5H2,(H,16,19)(H,17,18). The van der Waals surface area contributed by atoms with Gasteiger partial charge in [0.25, 0.3) is 0 Å². The van der Waals surface area contributed by atoms with Crippen molar-refractivity contribution in [3.8, 4) is 11.3 Å². The predicted molar refractivity (Wildman–Crippen MR) is 79.9 cm³/mol. The molecular formula is C14H13ClN4O. The number of H-pyrrole nitrogens is 1. The van der Waals surface area contributed by atoms with E-state index in [1.54, 1.807) is 6.20 Å².